The van der Waals surface area contributed by atoms with Crippen LogP contribution in [0.2, 0.25) is 0 Å². The van der Waals surface area contributed by atoms with Crippen molar-refractivity contribution in [2.24, 2.45) is 5.92 Å². The van der Waals surface area contributed by atoms with Gasteiger partial charge in [-0.1, -0.05) is 13.8 Å². The molecule has 2 aromatic heterocycles. The summed E-state index contributed by atoms with van der Waals surface area (Å²) in [4.78, 5) is 4.21. The second-order valence-corrected chi connectivity index (χ2v) is 5.45. The van der Waals surface area contributed by atoms with Crippen molar-refractivity contribution in [1.29, 1.82) is 0 Å². The molecular formula is C12H17BrN4O. The quantitative estimate of drug-likeness (QED) is 0.808. The molecule has 0 aliphatic heterocycles. The molecule has 0 amide bonds. The molecule has 98 valence electrons. The summed E-state index contributed by atoms with van der Waals surface area (Å²) in [6, 6.07) is 1.84. The maximum atomic E-state index is 9.33. The van der Waals surface area contributed by atoms with Crippen LogP contribution in [0, 0.1) is 5.92 Å². The van der Waals surface area contributed by atoms with Crippen LogP contribution in [-0.4, -0.2) is 27.1 Å². The number of nitrogen functional groups attached to an aromatic ring is 1. The van der Waals surface area contributed by atoms with Gasteiger partial charge < -0.3 is 16.2 Å². The molecule has 0 aliphatic rings. The summed E-state index contributed by atoms with van der Waals surface area (Å²) in [5.74, 6) is 0.332. The number of aromatic nitrogens is 2. The van der Waals surface area contributed by atoms with E-state index in [1.54, 1.807) is 6.20 Å². The van der Waals surface area contributed by atoms with E-state index in [0.29, 0.717) is 11.6 Å². The Morgan fingerprint density at radius 1 is 1.56 bits per heavy atom. The minimum absolute atomic E-state index is 0.00384. The van der Waals surface area contributed by atoms with Gasteiger partial charge in [-0.2, -0.15) is 0 Å². The highest BCUT2D eigenvalue weighted by Crippen LogP contribution is 2.23. The molecular weight excluding hydrogens is 296 g/mol. The molecule has 2 rings (SSSR count). The Labute approximate surface area is 114 Å². The Balaban J connectivity index is 2.36. The normalized spacial score (nSPS) is 13.2. The van der Waals surface area contributed by atoms with Crippen molar-refractivity contribution in [2.45, 2.75) is 19.9 Å². The molecule has 6 heteroatoms. The molecule has 4 N–H and O–H groups in total. The Morgan fingerprint density at radius 2 is 2.28 bits per heavy atom. The molecule has 0 saturated carbocycles. The van der Waals surface area contributed by atoms with E-state index in [1.165, 1.54) is 0 Å². The van der Waals surface area contributed by atoms with Crippen LogP contribution in [0.3, 0.4) is 0 Å². The van der Waals surface area contributed by atoms with Gasteiger partial charge in [0.05, 0.1) is 30.2 Å². The minimum Gasteiger partial charge on any atom is -0.396 e. The molecule has 1 atom stereocenters. The molecule has 0 spiro atoms. The first kappa shape index (κ1) is 13.2. The lowest BCUT2D eigenvalue weighted by molar-refractivity contribution is 0.249. The molecule has 2 heterocycles. The summed E-state index contributed by atoms with van der Waals surface area (Å²) in [5.41, 5.74) is 8.15. The number of nitrogens with zero attached hydrogens (tertiary/aromatic N) is 2. The maximum absolute atomic E-state index is 9.33. The average molecular weight is 313 g/mol. The number of fused-ring (bicyclic) bond motifs is 1. The average Bonchev–Trinajstić information content (AvgIpc) is 2.68. The van der Waals surface area contributed by atoms with Crippen LogP contribution in [0.1, 0.15) is 13.8 Å². The van der Waals surface area contributed by atoms with Crippen molar-refractivity contribution in [2.75, 3.05) is 17.7 Å². The summed E-state index contributed by atoms with van der Waals surface area (Å²) < 4.78 is 2.71. The SMILES string of the molecule is CC(C)[C@@H](CO)Nc1cc(N)c2ncc(Br)n2c1. The fourth-order valence-corrected chi connectivity index (χ4v) is 2.17. The van der Waals surface area contributed by atoms with E-state index in [2.05, 4.69) is 40.1 Å². The van der Waals surface area contributed by atoms with Crippen LogP contribution < -0.4 is 11.1 Å². The fourth-order valence-electron chi connectivity index (χ4n) is 1.80. The Kier molecular flexibility index (Phi) is 3.77. The second-order valence-electron chi connectivity index (χ2n) is 4.64. The predicted octanol–water partition coefficient (Wildman–Crippen LogP) is 2.11. The van der Waals surface area contributed by atoms with Crippen molar-refractivity contribution >= 4 is 33.0 Å². The van der Waals surface area contributed by atoms with Crippen molar-refractivity contribution in [3.05, 3.63) is 23.1 Å². The molecule has 0 aromatic carbocycles. The number of anilines is 2. The lowest BCUT2D eigenvalue weighted by Crippen LogP contribution is -2.29. The number of hydrogen-bond donors (Lipinski definition) is 3. The number of nitrogens with one attached hydrogen (secondary N) is 1. The molecule has 0 unspecified atom stereocenters. The van der Waals surface area contributed by atoms with E-state index >= 15 is 0 Å². The molecule has 0 fully saturated rings. The van der Waals surface area contributed by atoms with Gasteiger partial charge in [0, 0.05) is 6.20 Å². The number of aliphatic hydroxyl groups is 1. The zero-order valence-corrected chi connectivity index (χ0v) is 12.0. The van der Waals surface area contributed by atoms with Crippen LogP contribution >= 0.6 is 15.9 Å². The molecule has 0 saturated heterocycles. The Hall–Kier alpha value is -1.27. The first-order valence-corrected chi connectivity index (χ1v) is 6.61. The van der Waals surface area contributed by atoms with Gasteiger partial charge in [-0.05, 0) is 27.9 Å². The van der Waals surface area contributed by atoms with E-state index in [-0.39, 0.29) is 12.6 Å². The lowest BCUT2D eigenvalue weighted by Gasteiger charge is -2.21. The van der Waals surface area contributed by atoms with Gasteiger partial charge in [-0.15, -0.1) is 0 Å². The number of pyridine rings is 1. The number of nitrogens with two attached hydrogens (primary N) is 1. The second kappa shape index (κ2) is 5.16. The number of halogens is 1. The van der Waals surface area contributed by atoms with E-state index in [0.717, 1.165) is 15.9 Å². The van der Waals surface area contributed by atoms with Gasteiger partial charge in [0.1, 0.15) is 4.60 Å². The molecule has 2 aromatic rings. The smallest absolute Gasteiger partial charge is 0.161 e. The monoisotopic (exact) mass is 312 g/mol. The maximum Gasteiger partial charge on any atom is 0.161 e. The van der Waals surface area contributed by atoms with Crippen LogP contribution in [0.4, 0.5) is 11.4 Å². The number of aliphatic hydroxyl groups excluding tert-OH is 1. The molecule has 0 radical (unpaired) electrons. The molecule has 18 heavy (non-hydrogen) atoms. The predicted molar refractivity (Wildman–Crippen MR) is 76.6 cm³/mol. The van der Waals surface area contributed by atoms with Crippen molar-refractivity contribution in [1.82, 2.24) is 9.38 Å². The number of imidazole rings is 1. The zero-order valence-electron chi connectivity index (χ0n) is 10.4. The highest BCUT2D eigenvalue weighted by atomic mass is 79.9. The highest BCUT2D eigenvalue weighted by Gasteiger charge is 2.13. The minimum atomic E-state index is 0.00384. The number of hydrogen-bond acceptors (Lipinski definition) is 4. The molecule has 0 aliphatic carbocycles. The first-order valence-electron chi connectivity index (χ1n) is 5.82. The van der Waals surface area contributed by atoms with Gasteiger partial charge in [-0.3, -0.25) is 4.40 Å². The van der Waals surface area contributed by atoms with Gasteiger partial charge in [-0.25, -0.2) is 4.98 Å². The molecule has 0 bridgehead atoms. The zero-order chi connectivity index (χ0) is 13.3. The Morgan fingerprint density at radius 3 is 2.89 bits per heavy atom. The third-order valence-electron chi connectivity index (χ3n) is 2.94. The van der Waals surface area contributed by atoms with Gasteiger partial charge in [0.2, 0.25) is 0 Å². The van der Waals surface area contributed by atoms with E-state index < -0.39 is 0 Å². The largest absolute Gasteiger partial charge is 0.396 e. The summed E-state index contributed by atoms with van der Waals surface area (Å²) in [6.45, 7) is 4.20. The van der Waals surface area contributed by atoms with E-state index in [9.17, 15) is 5.11 Å². The van der Waals surface area contributed by atoms with Gasteiger partial charge in [0.25, 0.3) is 0 Å². The third kappa shape index (κ3) is 2.44. The van der Waals surface area contributed by atoms with Crippen LogP contribution in [-0.2, 0) is 0 Å². The van der Waals surface area contributed by atoms with Crippen molar-refractivity contribution in [3.63, 3.8) is 0 Å². The first-order chi connectivity index (χ1) is 8.52. The lowest BCUT2D eigenvalue weighted by atomic mass is 10.1. The van der Waals surface area contributed by atoms with E-state index in [1.807, 2.05) is 16.7 Å². The van der Waals surface area contributed by atoms with Crippen LogP contribution in [0.5, 0.6) is 0 Å². The number of rotatable bonds is 4. The standard InChI is InChI=1S/C12H17BrN4O/c1-7(2)10(6-18)16-8-3-9(14)12-15-4-11(13)17(12)5-8/h3-5,7,10,16,18H,6,14H2,1-2H3/t10-/m1/s1. The summed E-state index contributed by atoms with van der Waals surface area (Å²) in [6.07, 6.45) is 3.62. The van der Waals surface area contributed by atoms with E-state index in [4.69, 9.17) is 5.73 Å². The van der Waals surface area contributed by atoms with Crippen molar-refractivity contribution in [3.8, 4) is 0 Å². The summed E-state index contributed by atoms with van der Waals surface area (Å²) >= 11 is 3.42. The van der Waals surface area contributed by atoms with Crippen molar-refractivity contribution < 1.29 is 5.11 Å². The van der Waals surface area contributed by atoms with Gasteiger partial charge in [0.15, 0.2) is 5.65 Å². The van der Waals surface area contributed by atoms with Crippen LogP contribution in [0.25, 0.3) is 5.65 Å². The van der Waals surface area contributed by atoms with Crippen LogP contribution in [0.15, 0.2) is 23.1 Å². The fraction of sp³-hybridized carbons (Fsp3) is 0.417. The van der Waals surface area contributed by atoms with Gasteiger partial charge >= 0.3 is 0 Å². The molecule has 5 nitrogen and oxygen atoms in total. The third-order valence-corrected chi connectivity index (χ3v) is 3.53. The highest BCUT2D eigenvalue weighted by molar-refractivity contribution is 9.10. The summed E-state index contributed by atoms with van der Waals surface area (Å²) in [5, 5.41) is 12.6. The Bertz CT molecular complexity index is 552. The summed E-state index contributed by atoms with van der Waals surface area (Å²) in [7, 11) is 0. The topological polar surface area (TPSA) is 75.6 Å².